The topological polar surface area (TPSA) is 70.0 Å². The van der Waals surface area contributed by atoms with Crippen molar-refractivity contribution in [3.63, 3.8) is 0 Å². The minimum Gasteiger partial charge on any atom is -0.215 e. The average molecular weight is 300 g/mol. The van der Waals surface area contributed by atoms with Gasteiger partial charge in [0.2, 0.25) is 0 Å². The van der Waals surface area contributed by atoms with Crippen LogP contribution in [-0.2, 0) is 16.4 Å². The lowest BCUT2D eigenvalue weighted by atomic mass is 9.98. The summed E-state index contributed by atoms with van der Waals surface area (Å²) >= 11 is 0. The van der Waals surface area contributed by atoms with E-state index >= 15 is 0 Å². The summed E-state index contributed by atoms with van der Waals surface area (Å²) in [7, 11) is -3.83. The monoisotopic (exact) mass is 300 g/mol. The Bertz CT molecular complexity index is 805. The van der Waals surface area contributed by atoms with Crippen LogP contribution in [0.1, 0.15) is 18.1 Å². The molecular weight excluding hydrogens is 284 g/mol. The maximum Gasteiger partial charge on any atom is 0.270 e. The highest BCUT2D eigenvalue weighted by molar-refractivity contribution is 7.89. The van der Waals surface area contributed by atoms with Gasteiger partial charge in [-0.15, -0.1) is 0 Å². The highest BCUT2D eigenvalue weighted by atomic mass is 32.2. The Morgan fingerprint density at radius 2 is 1.86 bits per heavy atom. The highest BCUT2D eigenvalue weighted by Crippen LogP contribution is 2.30. The molecule has 1 N–H and O–H groups in total. The van der Waals surface area contributed by atoms with E-state index in [1.165, 1.54) is 17.8 Å². The van der Waals surface area contributed by atoms with Gasteiger partial charge in [-0.25, -0.2) is 13.1 Å². The molecule has 2 rings (SSSR count). The van der Waals surface area contributed by atoms with Gasteiger partial charge in [0.1, 0.15) is 0 Å². The molecular formula is C16H16N2O2S. The highest BCUT2D eigenvalue weighted by Gasteiger charge is 2.19. The molecule has 0 saturated carbocycles. The van der Waals surface area contributed by atoms with E-state index in [0.717, 1.165) is 17.5 Å². The van der Waals surface area contributed by atoms with Crippen LogP contribution in [0.15, 0.2) is 47.4 Å². The van der Waals surface area contributed by atoms with Crippen molar-refractivity contribution in [1.82, 2.24) is 4.72 Å². The van der Waals surface area contributed by atoms with E-state index in [4.69, 9.17) is 5.26 Å². The lowest BCUT2D eigenvalue weighted by Gasteiger charge is -2.12. The summed E-state index contributed by atoms with van der Waals surface area (Å²) in [5, 5.41) is 8.61. The second-order valence-electron chi connectivity index (χ2n) is 4.72. The molecule has 4 nitrogen and oxygen atoms in total. The Kier molecular flexibility index (Phi) is 4.29. The second-order valence-corrected chi connectivity index (χ2v) is 6.37. The lowest BCUT2D eigenvalue weighted by Crippen LogP contribution is -2.19. The molecule has 2 aromatic rings. The Balaban J connectivity index is 2.64. The molecule has 0 saturated heterocycles. The number of aryl methyl sites for hydroxylation is 2. The summed E-state index contributed by atoms with van der Waals surface area (Å²) in [4.78, 5) is 0.110. The first-order valence-corrected chi connectivity index (χ1v) is 8.07. The van der Waals surface area contributed by atoms with Gasteiger partial charge in [-0.05, 0) is 36.1 Å². The van der Waals surface area contributed by atoms with Crippen LogP contribution in [0.2, 0.25) is 0 Å². The maximum absolute atomic E-state index is 12.1. The van der Waals surface area contributed by atoms with Crippen molar-refractivity contribution >= 4 is 10.0 Å². The van der Waals surface area contributed by atoms with Crippen LogP contribution in [0, 0.1) is 18.4 Å². The summed E-state index contributed by atoms with van der Waals surface area (Å²) in [5.41, 5.74) is 3.66. The van der Waals surface area contributed by atoms with Gasteiger partial charge in [0, 0.05) is 5.56 Å². The molecule has 5 heteroatoms. The van der Waals surface area contributed by atoms with Crippen molar-refractivity contribution in [1.29, 1.82) is 5.26 Å². The molecule has 0 aliphatic carbocycles. The van der Waals surface area contributed by atoms with Gasteiger partial charge in [0.25, 0.3) is 10.0 Å². The van der Waals surface area contributed by atoms with Crippen LogP contribution in [0.4, 0.5) is 0 Å². The lowest BCUT2D eigenvalue weighted by molar-refractivity contribution is 0.591. The summed E-state index contributed by atoms with van der Waals surface area (Å²) in [6.45, 7) is 4.03. The van der Waals surface area contributed by atoms with Crippen molar-refractivity contribution in [2.24, 2.45) is 0 Å². The predicted molar refractivity (Wildman–Crippen MR) is 81.9 cm³/mol. The van der Waals surface area contributed by atoms with E-state index in [-0.39, 0.29) is 4.90 Å². The minimum absolute atomic E-state index is 0.110. The predicted octanol–water partition coefficient (Wildman–Crippen LogP) is 2.98. The van der Waals surface area contributed by atoms with Crippen molar-refractivity contribution in [2.45, 2.75) is 25.2 Å². The van der Waals surface area contributed by atoms with Crippen molar-refractivity contribution in [3.8, 4) is 17.3 Å². The number of benzene rings is 2. The van der Waals surface area contributed by atoms with E-state index in [9.17, 15) is 8.42 Å². The molecule has 0 aliphatic rings. The Labute approximate surface area is 125 Å². The molecule has 0 aliphatic heterocycles. The van der Waals surface area contributed by atoms with Crippen LogP contribution >= 0.6 is 0 Å². The third-order valence-corrected chi connectivity index (χ3v) is 4.64. The largest absolute Gasteiger partial charge is 0.270 e. The maximum atomic E-state index is 12.1. The van der Waals surface area contributed by atoms with Crippen molar-refractivity contribution in [3.05, 3.63) is 53.6 Å². The van der Waals surface area contributed by atoms with Crippen LogP contribution in [-0.4, -0.2) is 8.42 Å². The number of rotatable bonds is 4. The van der Waals surface area contributed by atoms with Crippen molar-refractivity contribution in [2.75, 3.05) is 0 Å². The van der Waals surface area contributed by atoms with Gasteiger partial charge in [-0.1, -0.05) is 43.3 Å². The SMILES string of the molecule is CCc1ccc(-c2ccccc2S(=O)(=O)NC#N)c(C)c1. The zero-order valence-electron chi connectivity index (χ0n) is 11.9. The van der Waals surface area contributed by atoms with E-state index in [0.29, 0.717) is 5.56 Å². The first-order chi connectivity index (χ1) is 9.99. The summed E-state index contributed by atoms with van der Waals surface area (Å²) < 4.78 is 26.1. The molecule has 0 spiro atoms. The van der Waals surface area contributed by atoms with E-state index in [1.54, 1.807) is 18.2 Å². The fraction of sp³-hybridized carbons (Fsp3) is 0.188. The Morgan fingerprint density at radius 3 is 2.48 bits per heavy atom. The molecule has 0 fully saturated rings. The quantitative estimate of drug-likeness (QED) is 0.697. The smallest absolute Gasteiger partial charge is 0.215 e. The molecule has 108 valence electrons. The standard InChI is InChI=1S/C16H16N2O2S/c1-3-13-8-9-14(12(2)10-13)15-6-4-5-7-16(15)21(19,20)18-11-17/h4-10,18H,3H2,1-2H3. The Hall–Kier alpha value is -2.32. The molecule has 0 atom stereocenters. The molecule has 0 aromatic heterocycles. The van der Waals surface area contributed by atoms with Gasteiger partial charge in [0.05, 0.1) is 4.90 Å². The molecule has 0 amide bonds. The number of sulfonamides is 1. The number of hydrogen-bond acceptors (Lipinski definition) is 3. The third-order valence-electron chi connectivity index (χ3n) is 3.35. The molecule has 2 aromatic carbocycles. The second kappa shape index (κ2) is 5.98. The zero-order valence-corrected chi connectivity index (χ0v) is 12.7. The van der Waals surface area contributed by atoms with Gasteiger partial charge >= 0.3 is 0 Å². The van der Waals surface area contributed by atoms with Crippen LogP contribution in [0.3, 0.4) is 0 Å². The Morgan fingerprint density at radius 1 is 1.14 bits per heavy atom. The first-order valence-electron chi connectivity index (χ1n) is 6.59. The summed E-state index contributed by atoms with van der Waals surface area (Å²) in [6.07, 6.45) is 2.41. The fourth-order valence-electron chi connectivity index (χ4n) is 2.29. The zero-order chi connectivity index (χ0) is 15.5. The molecule has 21 heavy (non-hydrogen) atoms. The van der Waals surface area contributed by atoms with Crippen LogP contribution < -0.4 is 4.72 Å². The third kappa shape index (κ3) is 3.06. The van der Waals surface area contributed by atoms with Crippen LogP contribution in [0.5, 0.6) is 0 Å². The molecule has 0 unspecified atom stereocenters. The molecule has 0 radical (unpaired) electrons. The van der Waals surface area contributed by atoms with Gasteiger partial charge in [-0.2, -0.15) is 5.26 Å². The van der Waals surface area contributed by atoms with Crippen LogP contribution in [0.25, 0.3) is 11.1 Å². The average Bonchev–Trinajstić information content (AvgIpc) is 2.47. The first kappa shape index (κ1) is 15.1. The number of hydrogen-bond donors (Lipinski definition) is 1. The van der Waals surface area contributed by atoms with E-state index in [1.807, 2.05) is 23.8 Å². The summed E-state index contributed by atoms with van der Waals surface area (Å²) in [6, 6.07) is 12.6. The number of nitrogens with zero attached hydrogens (tertiary/aromatic N) is 1. The number of nitriles is 1. The molecule has 0 bridgehead atoms. The fourth-order valence-corrected chi connectivity index (χ4v) is 3.24. The normalized spacial score (nSPS) is 10.9. The van der Waals surface area contributed by atoms with E-state index < -0.39 is 10.0 Å². The number of nitrogens with one attached hydrogen (secondary N) is 1. The van der Waals surface area contributed by atoms with Gasteiger partial charge in [0.15, 0.2) is 6.19 Å². The van der Waals surface area contributed by atoms with Crippen molar-refractivity contribution < 1.29 is 8.42 Å². The molecule has 0 heterocycles. The van der Waals surface area contributed by atoms with Gasteiger partial charge < -0.3 is 0 Å². The summed E-state index contributed by atoms with van der Waals surface area (Å²) in [5.74, 6) is 0. The minimum atomic E-state index is -3.83. The van der Waals surface area contributed by atoms with E-state index in [2.05, 4.69) is 13.0 Å². The van der Waals surface area contributed by atoms with Gasteiger partial charge in [-0.3, -0.25) is 0 Å².